The van der Waals surface area contributed by atoms with E-state index in [1.54, 1.807) is 26.4 Å². The van der Waals surface area contributed by atoms with Gasteiger partial charge < -0.3 is 26.0 Å². The van der Waals surface area contributed by atoms with E-state index in [0.717, 1.165) is 12.0 Å². The molecule has 3 aromatic heterocycles. The van der Waals surface area contributed by atoms with Crippen LogP contribution in [0, 0.1) is 0 Å². The second-order valence-electron chi connectivity index (χ2n) is 13.2. The number of carbonyl (C=O) groups is 2. The number of aromatic nitrogens is 4. The Bertz CT molecular complexity index is 2300. The molecule has 0 radical (unpaired) electrons. The SMILES string of the molecule is COc1nc(-c2cccc(-c3cccc(-c4cc5c(=O)n(C)c(CNCC6CC(F)(F)C(=O)N6)nn5c4)c3Cl)c2Cl)ccc1CNC[C@@H]1CCC(=O)N1. The van der Waals surface area contributed by atoms with Crippen molar-refractivity contribution in [3.63, 3.8) is 0 Å². The molecule has 16 heteroatoms. The minimum Gasteiger partial charge on any atom is -0.481 e. The predicted octanol–water partition coefficient (Wildman–Crippen LogP) is 4.73. The Balaban J connectivity index is 1.11. The molecule has 12 nitrogen and oxygen atoms in total. The summed E-state index contributed by atoms with van der Waals surface area (Å²) in [6.07, 6.45) is 2.46. The van der Waals surface area contributed by atoms with Gasteiger partial charge >= 0.3 is 5.92 Å². The lowest BCUT2D eigenvalue weighted by molar-refractivity contribution is -0.139. The third kappa shape index (κ3) is 7.36. The van der Waals surface area contributed by atoms with Crippen molar-refractivity contribution in [2.24, 2.45) is 7.05 Å². The van der Waals surface area contributed by atoms with E-state index in [9.17, 15) is 23.2 Å². The number of ether oxygens (including phenoxy) is 1. The molecule has 1 unspecified atom stereocenters. The van der Waals surface area contributed by atoms with Gasteiger partial charge in [0.2, 0.25) is 11.8 Å². The van der Waals surface area contributed by atoms with E-state index in [0.29, 0.717) is 80.3 Å². The number of nitrogens with one attached hydrogen (secondary N) is 4. The first-order valence-corrected chi connectivity index (χ1v) is 17.8. The normalized spacial score (nSPS) is 18.1. The Kier molecular flexibility index (Phi) is 10.2. The van der Waals surface area contributed by atoms with Crippen LogP contribution in [-0.4, -0.2) is 69.2 Å². The molecule has 0 aliphatic carbocycles. The molecule has 5 heterocycles. The van der Waals surface area contributed by atoms with Crippen LogP contribution in [0.1, 0.15) is 30.7 Å². The summed E-state index contributed by atoms with van der Waals surface area (Å²) >= 11 is 14.1. The fourth-order valence-corrected chi connectivity index (χ4v) is 7.41. The minimum absolute atomic E-state index is 0.0746. The van der Waals surface area contributed by atoms with Gasteiger partial charge in [-0.25, -0.2) is 9.50 Å². The molecule has 7 rings (SSSR count). The number of benzene rings is 2. The molecule has 2 aliphatic rings. The molecule has 4 N–H and O–H groups in total. The van der Waals surface area contributed by atoms with E-state index in [1.165, 1.54) is 9.08 Å². The highest BCUT2D eigenvalue weighted by Crippen LogP contribution is 2.42. The van der Waals surface area contributed by atoms with Crippen LogP contribution in [0.3, 0.4) is 0 Å². The smallest absolute Gasteiger partial charge is 0.326 e. The van der Waals surface area contributed by atoms with Gasteiger partial charge in [0.25, 0.3) is 11.5 Å². The monoisotopic (exact) mass is 764 g/mol. The van der Waals surface area contributed by atoms with Crippen molar-refractivity contribution < 1.29 is 23.1 Å². The highest BCUT2D eigenvalue weighted by Gasteiger charge is 2.47. The third-order valence-corrected chi connectivity index (χ3v) is 10.4. The Morgan fingerprint density at radius 2 is 1.60 bits per heavy atom. The van der Waals surface area contributed by atoms with Crippen LogP contribution in [0.25, 0.3) is 39.0 Å². The van der Waals surface area contributed by atoms with E-state index in [-0.39, 0.29) is 30.6 Å². The van der Waals surface area contributed by atoms with Crippen LogP contribution in [0.15, 0.2) is 65.6 Å². The number of rotatable bonds is 12. The highest BCUT2D eigenvalue weighted by atomic mass is 35.5. The summed E-state index contributed by atoms with van der Waals surface area (Å²) < 4.78 is 35.7. The van der Waals surface area contributed by atoms with Crippen molar-refractivity contribution in [2.45, 2.75) is 50.4 Å². The van der Waals surface area contributed by atoms with Crippen molar-refractivity contribution in [1.82, 2.24) is 40.4 Å². The topological polar surface area (TPSA) is 144 Å². The molecule has 0 spiro atoms. The van der Waals surface area contributed by atoms with Gasteiger partial charge in [-0.2, -0.15) is 13.9 Å². The van der Waals surface area contributed by atoms with Gasteiger partial charge in [0.1, 0.15) is 11.3 Å². The summed E-state index contributed by atoms with van der Waals surface area (Å²) in [5.41, 5.74) is 4.84. The number of carbonyl (C=O) groups excluding carboxylic acids is 2. The number of pyridine rings is 1. The molecule has 2 amide bonds. The zero-order valence-electron chi connectivity index (χ0n) is 28.8. The van der Waals surface area contributed by atoms with Crippen molar-refractivity contribution in [3.05, 3.63) is 92.6 Å². The standard InChI is InChI=1S/C37H36Cl2F2N8O4/c1-48-30(18-43-17-23-14-37(40,41)36(52)45-23)47-49-19-21(13-29(49)35(48)51)24-5-3-6-25(32(24)38)26-7-4-8-27(33(26)39)28-11-9-20(34(46-28)53-2)15-42-16-22-10-12-31(50)44-22/h3-9,11,13,19,22-23,42-43H,10,12,14-18H2,1-2H3,(H,44,50)(H,45,52)/t22-,23?/m0/s1. The van der Waals surface area contributed by atoms with Crippen LogP contribution in [-0.2, 0) is 29.7 Å². The van der Waals surface area contributed by atoms with Gasteiger partial charge in [-0.15, -0.1) is 0 Å². The number of fused-ring (bicyclic) bond motifs is 1. The molecular formula is C37H36Cl2F2N8O4. The molecule has 2 aromatic carbocycles. The highest BCUT2D eigenvalue weighted by molar-refractivity contribution is 6.39. The molecule has 53 heavy (non-hydrogen) atoms. The van der Waals surface area contributed by atoms with E-state index in [2.05, 4.69) is 26.4 Å². The third-order valence-electron chi connectivity index (χ3n) is 9.58. The molecule has 2 atom stereocenters. The number of hydrogen-bond acceptors (Lipinski definition) is 8. The van der Waals surface area contributed by atoms with Crippen molar-refractivity contribution in [2.75, 3.05) is 20.2 Å². The predicted molar refractivity (Wildman–Crippen MR) is 197 cm³/mol. The Labute approximate surface area is 312 Å². The van der Waals surface area contributed by atoms with Crippen LogP contribution in [0.2, 0.25) is 10.0 Å². The molecule has 0 saturated carbocycles. The van der Waals surface area contributed by atoms with Gasteiger partial charge in [0.15, 0.2) is 0 Å². The average Bonchev–Trinajstić information content (AvgIpc) is 3.83. The van der Waals surface area contributed by atoms with Crippen LogP contribution >= 0.6 is 23.2 Å². The number of alkyl halides is 2. The Morgan fingerprint density at radius 3 is 2.28 bits per heavy atom. The number of nitrogens with zero attached hydrogens (tertiary/aromatic N) is 4. The van der Waals surface area contributed by atoms with Gasteiger partial charge in [0.05, 0.1) is 29.4 Å². The minimum atomic E-state index is -3.39. The molecule has 276 valence electrons. The van der Waals surface area contributed by atoms with Crippen molar-refractivity contribution in [1.29, 1.82) is 0 Å². The van der Waals surface area contributed by atoms with Gasteiger partial charge in [0, 0.05) is 91.2 Å². The molecule has 0 bridgehead atoms. The number of halogens is 4. The number of amides is 2. The summed E-state index contributed by atoms with van der Waals surface area (Å²) in [6.45, 7) is 1.36. The quantitative estimate of drug-likeness (QED) is 0.143. The lowest BCUT2D eigenvalue weighted by Gasteiger charge is -2.15. The average molecular weight is 766 g/mol. The number of hydrogen-bond donors (Lipinski definition) is 4. The van der Waals surface area contributed by atoms with Crippen LogP contribution in [0.5, 0.6) is 5.88 Å². The maximum atomic E-state index is 13.6. The summed E-state index contributed by atoms with van der Waals surface area (Å²) in [5.74, 6) is -3.77. The first-order valence-electron chi connectivity index (χ1n) is 17.0. The van der Waals surface area contributed by atoms with E-state index in [4.69, 9.17) is 32.9 Å². The number of methoxy groups -OCH3 is 1. The molecule has 2 fully saturated rings. The molecule has 2 aliphatic heterocycles. The van der Waals surface area contributed by atoms with Gasteiger partial charge in [-0.1, -0.05) is 65.7 Å². The van der Waals surface area contributed by atoms with Crippen LogP contribution in [0.4, 0.5) is 8.78 Å². The van der Waals surface area contributed by atoms with Gasteiger partial charge in [-0.05, 0) is 18.6 Å². The summed E-state index contributed by atoms with van der Waals surface area (Å²) in [6, 6.07) is 16.1. The molecule has 5 aromatic rings. The summed E-state index contributed by atoms with van der Waals surface area (Å²) in [7, 11) is 3.15. The van der Waals surface area contributed by atoms with E-state index >= 15 is 0 Å². The lowest BCUT2D eigenvalue weighted by atomic mass is 9.97. The van der Waals surface area contributed by atoms with E-state index in [1.807, 2.05) is 48.5 Å². The van der Waals surface area contributed by atoms with E-state index < -0.39 is 24.3 Å². The summed E-state index contributed by atoms with van der Waals surface area (Å²) in [4.78, 5) is 41.1. The maximum Gasteiger partial charge on any atom is 0.326 e. The molecule has 2 saturated heterocycles. The zero-order chi connectivity index (χ0) is 37.4. The molecular weight excluding hydrogens is 729 g/mol. The first kappa shape index (κ1) is 36.5. The fourth-order valence-electron chi connectivity index (χ4n) is 6.74. The second kappa shape index (κ2) is 14.9. The lowest BCUT2D eigenvalue weighted by Crippen LogP contribution is -2.37. The summed E-state index contributed by atoms with van der Waals surface area (Å²) in [5, 5.41) is 17.1. The second-order valence-corrected chi connectivity index (χ2v) is 13.9. The fraction of sp³-hybridized carbons (Fsp3) is 0.324. The Morgan fingerprint density at radius 1 is 0.925 bits per heavy atom. The maximum absolute atomic E-state index is 13.6. The van der Waals surface area contributed by atoms with Crippen molar-refractivity contribution in [3.8, 4) is 39.4 Å². The van der Waals surface area contributed by atoms with Crippen LogP contribution < -0.4 is 31.6 Å². The van der Waals surface area contributed by atoms with Crippen molar-refractivity contribution >= 4 is 40.5 Å². The largest absolute Gasteiger partial charge is 0.481 e. The zero-order valence-corrected chi connectivity index (χ0v) is 30.3. The first-order chi connectivity index (χ1) is 25.4. The Hall–Kier alpha value is -4.89. The van der Waals surface area contributed by atoms with Gasteiger partial charge in [-0.3, -0.25) is 19.0 Å².